The van der Waals surface area contributed by atoms with Crippen LogP contribution < -0.4 is 0 Å². The lowest BCUT2D eigenvalue weighted by Gasteiger charge is -2.06. The standard InChI is InChI=1S/C20H22O3/c1-21-13-11-17-3-7-19(8-4-17)15-23-16-20-9-5-18(6-10-20)12-14-22-2/h3-14H,15-16H2,1-2H3/b13-11+,14-12+. The number of rotatable bonds is 8. The van der Waals surface area contributed by atoms with Crippen molar-refractivity contribution in [3.8, 4) is 0 Å². The van der Waals surface area contributed by atoms with E-state index in [1.54, 1.807) is 26.7 Å². The van der Waals surface area contributed by atoms with E-state index in [0.29, 0.717) is 13.2 Å². The van der Waals surface area contributed by atoms with Gasteiger partial charge in [-0.1, -0.05) is 48.5 Å². The normalized spacial score (nSPS) is 11.2. The lowest BCUT2D eigenvalue weighted by atomic mass is 10.1. The van der Waals surface area contributed by atoms with Crippen LogP contribution in [0.15, 0.2) is 61.1 Å². The molecule has 0 spiro atoms. The van der Waals surface area contributed by atoms with Crippen molar-refractivity contribution in [1.29, 1.82) is 0 Å². The van der Waals surface area contributed by atoms with Crippen molar-refractivity contribution in [3.63, 3.8) is 0 Å². The summed E-state index contributed by atoms with van der Waals surface area (Å²) in [4.78, 5) is 0. The van der Waals surface area contributed by atoms with Crippen molar-refractivity contribution in [1.82, 2.24) is 0 Å². The molecule has 0 aromatic heterocycles. The number of hydrogen-bond donors (Lipinski definition) is 0. The van der Waals surface area contributed by atoms with Gasteiger partial charge in [-0.3, -0.25) is 0 Å². The second-order valence-electron chi connectivity index (χ2n) is 5.05. The van der Waals surface area contributed by atoms with Crippen LogP contribution in [0.25, 0.3) is 12.2 Å². The molecule has 0 aliphatic rings. The van der Waals surface area contributed by atoms with Crippen molar-refractivity contribution in [2.24, 2.45) is 0 Å². The summed E-state index contributed by atoms with van der Waals surface area (Å²) in [6.07, 6.45) is 7.17. The van der Waals surface area contributed by atoms with E-state index in [-0.39, 0.29) is 0 Å². The maximum atomic E-state index is 5.76. The van der Waals surface area contributed by atoms with Crippen LogP contribution in [-0.2, 0) is 27.4 Å². The quantitative estimate of drug-likeness (QED) is 0.665. The van der Waals surface area contributed by atoms with Crippen molar-refractivity contribution in [3.05, 3.63) is 83.3 Å². The highest BCUT2D eigenvalue weighted by Crippen LogP contribution is 2.11. The zero-order chi connectivity index (χ0) is 16.3. The molecule has 0 saturated heterocycles. The highest BCUT2D eigenvalue weighted by molar-refractivity contribution is 5.49. The van der Waals surface area contributed by atoms with Gasteiger partial charge in [0.05, 0.1) is 40.0 Å². The fourth-order valence-electron chi connectivity index (χ4n) is 2.03. The molecule has 0 fully saturated rings. The van der Waals surface area contributed by atoms with Gasteiger partial charge in [0.15, 0.2) is 0 Å². The van der Waals surface area contributed by atoms with Crippen molar-refractivity contribution in [2.45, 2.75) is 13.2 Å². The Balaban J connectivity index is 1.80. The molecule has 0 amide bonds. The second-order valence-corrected chi connectivity index (χ2v) is 5.05. The van der Waals surface area contributed by atoms with Gasteiger partial charge in [0.25, 0.3) is 0 Å². The molecule has 0 unspecified atom stereocenters. The number of methoxy groups -OCH3 is 2. The van der Waals surface area contributed by atoms with E-state index in [0.717, 1.165) is 22.3 Å². The Hall–Kier alpha value is -2.52. The first kappa shape index (κ1) is 16.8. The zero-order valence-electron chi connectivity index (χ0n) is 13.6. The van der Waals surface area contributed by atoms with Gasteiger partial charge in [0.2, 0.25) is 0 Å². The third-order valence-electron chi connectivity index (χ3n) is 3.29. The van der Waals surface area contributed by atoms with Crippen molar-refractivity contribution < 1.29 is 14.2 Å². The fourth-order valence-corrected chi connectivity index (χ4v) is 2.03. The number of ether oxygens (including phenoxy) is 3. The minimum absolute atomic E-state index is 0.597. The molecular weight excluding hydrogens is 288 g/mol. The summed E-state index contributed by atoms with van der Waals surface area (Å²) in [5.41, 5.74) is 4.52. The average Bonchev–Trinajstić information content (AvgIpc) is 2.60. The smallest absolute Gasteiger partial charge is 0.0830 e. The Bertz CT molecular complexity index is 567. The zero-order valence-corrected chi connectivity index (χ0v) is 13.6. The van der Waals surface area contributed by atoms with Gasteiger partial charge in [-0.2, -0.15) is 0 Å². The van der Waals surface area contributed by atoms with Crippen LogP contribution in [0.3, 0.4) is 0 Å². The van der Waals surface area contributed by atoms with E-state index < -0.39 is 0 Å². The molecule has 23 heavy (non-hydrogen) atoms. The lowest BCUT2D eigenvalue weighted by molar-refractivity contribution is 0.107. The molecule has 0 radical (unpaired) electrons. The maximum absolute atomic E-state index is 5.76. The van der Waals surface area contributed by atoms with Gasteiger partial charge in [-0.05, 0) is 34.4 Å². The van der Waals surface area contributed by atoms with Gasteiger partial charge in [-0.25, -0.2) is 0 Å². The number of benzene rings is 2. The Morgan fingerprint density at radius 1 is 0.652 bits per heavy atom. The molecule has 0 heterocycles. The Labute approximate surface area is 137 Å². The lowest BCUT2D eigenvalue weighted by Crippen LogP contribution is -1.94. The topological polar surface area (TPSA) is 27.7 Å². The monoisotopic (exact) mass is 310 g/mol. The predicted octanol–water partition coefficient (Wildman–Crippen LogP) is 4.64. The van der Waals surface area contributed by atoms with Crippen LogP contribution in [-0.4, -0.2) is 14.2 Å². The molecular formula is C20H22O3. The molecule has 3 heteroatoms. The van der Waals surface area contributed by atoms with Crippen LogP contribution in [0.4, 0.5) is 0 Å². The van der Waals surface area contributed by atoms with E-state index in [1.807, 2.05) is 36.4 Å². The molecule has 120 valence electrons. The summed E-state index contributed by atoms with van der Waals surface area (Å²) in [7, 11) is 3.28. The van der Waals surface area contributed by atoms with Crippen LogP contribution in [0, 0.1) is 0 Å². The van der Waals surface area contributed by atoms with Gasteiger partial charge in [-0.15, -0.1) is 0 Å². The molecule has 3 nitrogen and oxygen atoms in total. The molecule has 0 bridgehead atoms. The number of hydrogen-bond acceptors (Lipinski definition) is 3. The Morgan fingerprint density at radius 3 is 1.39 bits per heavy atom. The first-order valence-corrected chi connectivity index (χ1v) is 7.46. The van der Waals surface area contributed by atoms with Gasteiger partial charge < -0.3 is 14.2 Å². The predicted molar refractivity (Wildman–Crippen MR) is 93.5 cm³/mol. The first-order chi connectivity index (χ1) is 11.3. The average molecular weight is 310 g/mol. The van der Waals surface area contributed by atoms with E-state index in [2.05, 4.69) is 24.3 Å². The third kappa shape index (κ3) is 6.01. The highest BCUT2D eigenvalue weighted by Gasteiger charge is 1.96. The maximum Gasteiger partial charge on any atom is 0.0830 e. The van der Waals surface area contributed by atoms with Crippen LogP contribution in [0.1, 0.15) is 22.3 Å². The van der Waals surface area contributed by atoms with Crippen molar-refractivity contribution >= 4 is 12.2 Å². The summed E-state index contributed by atoms with van der Waals surface area (Å²) in [5, 5.41) is 0. The molecule has 2 aromatic rings. The van der Waals surface area contributed by atoms with E-state index in [9.17, 15) is 0 Å². The van der Waals surface area contributed by atoms with Crippen LogP contribution in [0.5, 0.6) is 0 Å². The SMILES string of the molecule is CO/C=C/c1ccc(COCc2ccc(/C=C/OC)cc2)cc1. The summed E-state index contributed by atoms with van der Waals surface area (Å²) >= 11 is 0. The highest BCUT2D eigenvalue weighted by atomic mass is 16.5. The summed E-state index contributed by atoms with van der Waals surface area (Å²) in [6, 6.07) is 16.4. The van der Waals surface area contributed by atoms with Crippen LogP contribution >= 0.6 is 0 Å². The fraction of sp³-hybridized carbons (Fsp3) is 0.200. The van der Waals surface area contributed by atoms with Crippen molar-refractivity contribution in [2.75, 3.05) is 14.2 Å². The molecule has 0 aliphatic heterocycles. The molecule has 0 N–H and O–H groups in total. The minimum atomic E-state index is 0.597. The third-order valence-corrected chi connectivity index (χ3v) is 3.29. The molecule has 0 saturated carbocycles. The molecule has 2 aromatic carbocycles. The van der Waals surface area contributed by atoms with E-state index in [4.69, 9.17) is 14.2 Å². The molecule has 0 atom stereocenters. The van der Waals surface area contributed by atoms with Gasteiger partial charge in [0.1, 0.15) is 0 Å². The summed E-state index contributed by atoms with van der Waals surface area (Å²) < 4.78 is 15.6. The van der Waals surface area contributed by atoms with E-state index >= 15 is 0 Å². The minimum Gasteiger partial charge on any atom is -0.504 e. The van der Waals surface area contributed by atoms with E-state index in [1.165, 1.54) is 0 Å². The first-order valence-electron chi connectivity index (χ1n) is 7.46. The van der Waals surface area contributed by atoms with Gasteiger partial charge in [0, 0.05) is 0 Å². The molecule has 2 rings (SSSR count). The molecule has 0 aliphatic carbocycles. The Morgan fingerprint density at radius 2 is 1.04 bits per heavy atom. The largest absolute Gasteiger partial charge is 0.504 e. The Kier molecular flexibility index (Phi) is 6.95. The van der Waals surface area contributed by atoms with Gasteiger partial charge >= 0.3 is 0 Å². The van der Waals surface area contributed by atoms with Crippen LogP contribution in [0.2, 0.25) is 0 Å². The summed E-state index contributed by atoms with van der Waals surface area (Å²) in [5.74, 6) is 0. The summed E-state index contributed by atoms with van der Waals surface area (Å²) in [6.45, 7) is 1.19. The second kappa shape index (κ2) is 9.49.